The molecule has 0 aromatic heterocycles. The van der Waals surface area contributed by atoms with Crippen molar-refractivity contribution in [1.29, 1.82) is 5.26 Å². The van der Waals surface area contributed by atoms with Gasteiger partial charge in [-0.1, -0.05) is 30.3 Å². The van der Waals surface area contributed by atoms with Crippen LogP contribution in [0, 0.1) is 11.3 Å². The summed E-state index contributed by atoms with van der Waals surface area (Å²) < 4.78 is 0. The van der Waals surface area contributed by atoms with E-state index in [-0.39, 0.29) is 24.0 Å². The SMILES string of the molecule is CN=C(NCc1ccc(C#N)cc1)NC1CCCN(c2ccccc2)C1.I. The van der Waals surface area contributed by atoms with Crippen molar-refractivity contribution in [3.8, 4) is 6.07 Å². The van der Waals surface area contributed by atoms with Gasteiger partial charge in [0.05, 0.1) is 11.6 Å². The molecule has 2 aromatic rings. The molecule has 0 aliphatic carbocycles. The maximum Gasteiger partial charge on any atom is 0.191 e. The number of hydrogen-bond acceptors (Lipinski definition) is 3. The fourth-order valence-corrected chi connectivity index (χ4v) is 3.24. The third kappa shape index (κ3) is 6.14. The van der Waals surface area contributed by atoms with Crippen LogP contribution in [0.2, 0.25) is 0 Å². The van der Waals surface area contributed by atoms with Crippen LogP contribution in [-0.2, 0) is 6.54 Å². The Bertz CT molecular complexity index is 767. The number of para-hydroxylation sites is 1. The molecular weight excluding hydrogens is 449 g/mol. The Labute approximate surface area is 178 Å². The Kier molecular flexibility index (Phi) is 8.40. The molecule has 1 aliphatic heterocycles. The van der Waals surface area contributed by atoms with Gasteiger partial charge < -0.3 is 15.5 Å². The van der Waals surface area contributed by atoms with E-state index in [1.54, 1.807) is 7.05 Å². The monoisotopic (exact) mass is 475 g/mol. The quantitative estimate of drug-likeness (QED) is 0.404. The number of anilines is 1. The van der Waals surface area contributed by atoms with Crippen molar-refractivity contribution in [3.05, 3.63) is 65.7 Å². The highest BCUT2D eigenvalue weighted by molar-refractivity contribution is 14.0. The van der Waals surface area contributed by atoms with Gasteiger partial charge in [-0.3, -0.25) is 4.99 Å². The van der Waals surface area contributed by atoms with Crippen LogP contribution < -0.4 is 15.5 Å². The minimum atomic E-state index is 0. The lowest BCUT2D eigenvalue weighted by atomic mass is 10.0. The Hall–Kier alpha value is -2.27. The number of nitrogens with zero attached hydrogens (tertiary/aromatic N) is 3. The van der Waals surface area contributed by atoms with Crippen LogP contribution >= 0.6 is 24.0 Å². The number of nitrogens with one attached hydrogen (secondary N) is 2. The highest BCUT2D eigenvalue weighted by Gasteiger charge is 2.20. The van der Waals surface area contributed by atoms with E-state index in [9.17, 15) is 0 Å². The first kappa shape index (κ1) is 21.0. The predicted octanol–water partition coefficient (Wildman–Crippen LogP) is 3.51. The van der Waals surface area contributed by atoms with Gasteiger partial charge >= 0.3 is 0 Å². The minimum absolute atomic E-state index is 0. The van der Waals surface area contributed by atoms with E-state index in [0.29, 0.717) is 18.2 Å². The maximum absolute atomic E-state index is 8.87. The molecule has 1 aliphatic rings. The van der Waals surface area contributed by atoms with Gasteiger partial charge in [0.25, 0.3) is 0 Å². The molecule has 1 unspecified atom stereocenters. The maximum atomic E-state index is 8.87. The van der Waals surface area contributed by atoms with Gasteiger partial charge in [-0.15, -0.1) is 24.0 Å². The fraction of sp³-hybridized carbons (Fsp3) is 0.333. The summed E-state index contributed by atoms with van der Waals surface area (Å²) in [7, 11) is 1.80. The first-order chi connectivity index (χ1) is 12.8. The lowest BCUT2D eigenvalue weighted by Gasteiger charge is -2.35. The van der Waals surface area contributed by atoms with Crippen molar-refractivity contribution in [2.24, 2.45) is 4.99 Å². The number of nitriles is 1. The van der Waals surface area contributed by atoms with Gasteiger partial charge in [0, 0.05) is 38.4 Å². The lowest BCUT2D eigenvalue weighted by Crippen LogP contribution is -2.51. The molecule has 142 valence electrons. The predicted molar refractivity (Wildman–Crippen MR) is 122 cm³/mol. The third-order valence-corrected chi connectivity index (χ3v) is 4.65. The zero-order valence-electron chi connectivity index (χ0n) is 15.6. The van der Waals surface area contributed by atoms with E-state index in [2.05, 4.69) is 56.9 Å². The largest absolute Gasteiger partial charge is 0.369 e. The standard InChI is InChI=1S/C21H25N5.HI/c1-23-21(24-15-18-11-9-17(14-22)10-12-18)25-19-6-5-13-26(16-19)20-7-3-2-4-8-20;/h2-4,7-12,19H,5-6,13,15-16H2,1H3,(H2,23,24,25);1H. The molecule has 6 heteroatoms. The first-order valence-corrected chi connectivity index (χ1v) is 9.04. The molecule has 0 bridgehead atoms. The molecule has 0 spiro atoms. The number of halogens is 1. The number of piperidine rings is 1. The molecule has 0 saturated carbocycles. The highest BCUT2D eigenvalue weighted by Crippen LogP contribution is 2.19. The van der Waals surface area contributed by atoms with Gasteiger partial charge in [-0.25, -0.2) is 0 Å². The third-order valence-electron chi connectivity index (χ3n) is 4.65. The van der Waals surface area contributed by atoms with E-state index >= 15 is 0 Å². The van der Waals surface area contributed by atoms with Gasteiger partial charge in [0.2, 0.25) is 0 Å². The molecule has 3 rings (SSSR count). The lowest BCUT2D eigenvalue weighted by molar-refractivity contribution is 0.468. The molecule has 27 heavy (non-hydrogen) atoms. The molecule has 5 nitrogen and oxygen atoms in total. The van der Waals surface area contributed by atoms with Crippen molar-refractivity contribution in [3.63, 3.8) is 0 Å². The van der Waals surface area contributed by atoms with Gasteiger partial charge in [0.15, 0.2) is 5.96 Å². The van der Waals surface area contributed by atoms with Crippen molar-refractivity contribution in [2.45, 2.75) is 25.4 Å². The first-order valence-electron chi connectivity index (χ1n) is 9.04. The molecule has 0 amide bonds. The molecule has 2 N–H and O–H groups in total. The summed E-state index contributed by atoms with van der Waals surface area (Å²) in [6, 6.07) is 20.7. The highest BCUT2D eigenvalue weighted by atomic mass is 127. The van der Waals surface area contributed by atoms with Crippen molar-refractivity contribution in [1.82, 2.24) is 10.6 Å². The van der Waals surface area contributed by atoms with Crippen molar-refractivity contribution < 1.29 is 0 Å². The van der Waals surface area contributed by atoms with Crippen LogP contribution in [0.5, 0.6) is 0 Å². The van der Waals surface area contributed by atoms with E-state index < -0.39 is 0 Å². The number of benzene rings is 2. The zero-order valence-corrected chi connectivity index (χ0v) is 17.9. The van der Waals surface area contributed by atoms with Crippen LogP contribution in [0.25, 0.3) is 0 Å². The number of aliphatic imine (C=N–C) groups is 1. The second-order valence-electron chi connectivity index (χ2n) is 6.50. The van der Waals surface area contributed by atoms with Crippen LogP contribution in [0.4, 0.5) is 5.69 Å². The Morgan fingerprint density at radius 3 is 2.59 bits per heavy atom. The van der Waals surface area contributed by atoms with Crippen LogP contribution in [0.3, 0.4) is 0 Å². The number of hydrogen-bond donors (Lipinski definition) is 2. The van der Waals surface area contributed by atoms with Crippen molar-refractivity contribution >= 4 is 35.6 Å². The molecule has 0 radical (unpaired) electrons. The normalized spacial score (nSPS) is 16.8. The van der Waals surface area contributed by atoms with Crippen LogP contribution in [-0.4, -0.2) is 32.1 Å². The summed E-state index contributed by atoms with van der Waals surface area (Å²) in [6.07, 6.45) is 2.31. The minimum Gasteiger partial charge on any atom is -0.369 e. The van der Waals surface area contributed by atoms with Crippen molar-refractivity contribution in [2.75, 3.05) is 25.0 Å². The zero-order chi connectivity index (χ0) is 18.2. The van der Waals surface area contributed by atoms with Crippen LogP contribution in [0.1, 0.15) is 24.0 Å². The molecule has 2 aromatic carbocycles. The van der Waals surface area contributed by atoms with Crippen LogP contribution in [0.15, 0.2) is 59.6 Å². The second-order valence-corrected chi connectivity index (χ2v) is 6.50. The number of rotatable bonds is 4. The summed E-state index contributed by atoms with van der Waals surface area (Å²) in [6.45, 7) is 2.75. The van der Waals surface area contributed by atoms with Gasteiger partial charge in [-0.2, -0.15) is 5.26 Å². The molecular formula is C21H26IN5. The topological polar surface area (TPSA) is 63.5 Å². The molecule has 1 fully saturated rings. The Balaban J connectivity index is 0.00000261. The molecule has 1 saturated heterocycles. The van der Waals surface area contributed by atoms with E-state index in [4.69, 9.17) is 5.26 Å². The second kappa shape index (κ2) is 10.8. The smallest absolute Gasteiger partial charge is 0.191 e. The van der Waals surface area contributed by atoms with Gasteiger partial charge in [0.1, 0.15) is 0 Å². The summed E-state index contributed by atoms with van der Waals surface area (Å²) >= 11 is 0. The van der Waals surface area contributed by atoms with E-state index in [1.165, 1.54) is 12.1 Å². The summed E-state index contributed by atoms with van der Waals surface area (Å²) in [5, 5.41) is 15.8. The number of guanidine groups is 1. The Morgan fingerprint density at radius 2 is 1.93 bits per heavy atom. The summed E-state index contributed by atoms with van der Waals surface area (Å²) in [4.78, 5) is 6.78. The molecule has 1 atom stereocenters. The average Bonchev–Trinajstić information content (AvgIpc) is 2.72. The summed E-state index contributed by atoms with van der Waals surface area (Å²) in [5.41, 5.74) is 3.08. The Morgan fingerprint density at radius 1 is 1.19 bits per heavy atom. The van der Waals surface area contributed by atoms with E-state index in [1.807, 2.05) is 24.3 Å². The average molecular weight is 475 g/mol. The summed E-state index contributed by atoms with van der Waals surface area (Å²) in [5.74, 6) is 0.814. The fourth-order valence-electron chi connectivity index (χ4n) is 3.24. The van der Waals surface area contributed by atoms with Gasteiger partial charge in [-0.05, 0) is 42.7 Å². The molecule has 1 heterocycles. The van der Waals surface area contributed by atoms with E-state index in [0.717, 1.165) is 31.0 Å².